The maximum Gasteiger partial charge on any atom is 0.122 e. The van der Waals surface area contributed by atoms with Crippen molar-refractivity contribution in [2.75, 3.05) is 0 Å². The molecule has 0 saturated carbocycles. The van der Waals surface area contributed by atoms with Crippen LogP contribution in [0.15, 0.2) is 36.4 Å². The first kappa shape index (κ1) is 19.9. The Hall–Kier alpha value is -1.37. The topological polar surface area (TPSA) is 40.5 Å². The van der Waals surface area contributed by atoms with Crippen LogP contribution in [-0.2, 0) is 10.8 Å². The SMILES string of the molecule is CCC(CC)(Pc1ccc(C)cc1C(C)(C)O)c1cccc(C)c1O. The third-order valence-electron chi connectivity index (χ3n) is 5.17. The van der Waals surface area contributed by atoms with Crippen LogP contribution in [0.5, 0.6) is 5.75 Å². The van der Waals surface area contributed by atoms with Gasteiger partial charge in [-0.1, -0.05) is 64.4 Å². The predicted octanol–water partition coefficient (Wildman–Crippen LogP) is 5.26. The number of hydrogen-bond donors (Lipinski definition) is 2. The second-order valence-corrected chi connectivity index (χ2v) is 9.24. The number of benzene rings is 2. The molecule has 0 aliphatic rings. The smallest absolute Gasteiger partial charge is 0.122 e. The Morgan fingerprint density at radius 1 is 0.960 bits per heavy atom. The van der Waals surface area contributed by atoms with Crippen molar-refractivity contribution in [1.29, 1.82) is 0 Å². The summed E-state index contributed by atoms with van der Waals surface area (Å²) in [7, 11) is 0.485. The lowest BCUT2D eigenvalue weighted by Crippen LogP contribution is -2.28. The van der Waals surface area contributed by atoms with Crippen LogP contribution in [0.25, 0.3) is 0 Å². The van der Waals surface area contributed by atoms with Crippen molar-refractivity contribution in [2.24, 2.45) is 0 Å². The minimum atomic E-state index is -0.879. The van der Waals surface area contributed by atoms with Crippen molar-refractivity contribution in [1.82, 2.24) is 0 Å². The van der Waals surface area contributed by atoms with E-state index in [-0.39, 0.29) is 5.16 Å². The van der Waals surface area contributed by atoms with E-state index in [4.69, 9.17) is 0 Å². The second-order valence-electron chi connectivity index (χ2n) is 7.49. The van der Waals surface area contributed by atoms with Gasteiger partial charge in [0.05, 0.1) is 5.60 Å². The van der Waals surface area contributed by atoms with Gasteiger partial charge in [0.2, 0.25) is 0 Å². The monoisotopic (exact) mass is 358 g/mol. The molecule has 0 bridgehead atoms. The molecule has 0 fully saturated rings. The maximum absolute atomic E-state index is 10.7. The normalized spacial score (nSPS) is 12.9. The molecule has 0 radical (unpaired) electrons. The first-order chi connectivity index (χ1) is 11.6. The van der Waals surface area contributed by atoms with Gasteiger partial charge >= 0.3 is 0 Å². The van der Waals surface area contributed by atoms with Crippen LogP contribution in [-0.4, -0.2) is 10.2 Å². The molecule has 2 rings (SSSR count). The Morgan fingerprint density at radius 2 is 1.60 bits per heavy atom. The van der Waals surface area contributed by atoms with Gasteiger partial charge in [0, 0.05) is 10.7 Å². The van der Waals surface area contributed by atoms with Gasteiger partial charge in [-0.2, -0.15) is 0 Å². The van der Waals surface area contributed by atoms with E-state index in [0.717, 1.165) is 35.1 Å². The molecule has 2 N–H and O–H groups in total. The highest BCUT2D eigenvalue weighted by Gasteiger charge is 2.34. The Morgan fingerprint density at radius 3 is 2.16 bits per heavy atom. The van der Waals surface area contributed by atoms with Crippen molar-refractivity contribution in [3.8, 4) is 5.75 Å². The Balaban J connectivity index is 2.60. The van der Waals surface area contributed by atoms with E-state index in [1.807, 2.05) is 32.9 Å². The molecule has 0 aliphatic carbocycles. The van der Waals surface area contributed by atoms with Gasteiger partial charge in [0.15, 0.2) is 0 Å². The highest BCUT2D eigenvalue weighted by atomic mass is 31.1. The fourth-order valence-electron chi connectivity index (χ4n) is 3.45. The summed E-state index contributed by atoms with van der Waals surface area (Å²) in [5.74, 6) is 0.413. The highest BCUT2D eigenvalue weighted by Crippen LogP contribution is 2.51. The van der Waals surface area contributed by atoms with Gasteiger partial charge in [-0.25, -0.2) is 0 Å². The summed E-state index contributed by atoms with van der Waals surface area (Å²) < 4.78 is 0. The Labute approximate surface area is 154 Å². The second kappa shape index (κ2) is 7.48. The van der Waals surface area contributed by atoms with Crippen LogP contribution in [0.4, 0.5) is 0 Å². The third kappa shape index (κ3) is 4.07. The molecule has 2 aromatic rings. The molecular weight excluding hydrogens is 327 g/mol. The van der Waals surface area contributed by atoms with E-state index in [0.29, 0.717) is 14.3 Å². The molecule has 2 nitrogen and oxygen atoms in total. The van der Waals surface area contributed by atoms with Gasteiger partial charge in [0.25, 0.3) is 0 Å². The van der Waals surface area contributed by atoms with Gasteiger partial charge in [0.1, 0.15) is 5.75 Å². The van der Waals surface area contributed by atoms with E-state index >= 15 is 0 Å². The molecule has 0 spiro atoms. The van der Waals surface area contributed by atoms with Crippen LogP contribution in [0.1, 0.15) is 62.8 Å². The van der Waals surface area contributed by atoms with E-state index in [9.17, 15) is 10.2 Å². The molecule has 0 aromatic heterocycles. The fraction of sp³-hybridized carbons (Fsp3) is 0.455. The maximum atomic E-state index is 10.7. The van der Waals surface area contributed by atoms with Crippen molar-refractivity contribution in [3.05, 3.63) is 58.7 Å². The summed E-state index contributed by atoms with van der Waals surface area (Å²) in [6, 6.07) is 12.4. The predicted molar refractivity (Wildman–Crippen MR) is 109 cm³/mol. The molecule has 0 amide bonds. The molecule has 0 heterocycles. The standard InChI is InChI=1S/C22H31O2P/c1-7-22(8-2,17-11-9-10-16(4)20(17)23)25-19-13-12-15(3)14-18(19)21(5,6)24/h9-14,23-25H,7-8H2,1-6H3. The summed E-state index contributed by atoms with van der Waals surface area (Å²) in [5.41, 5.74) is 3.21. The average Bonchev–Trinajstić information content (AvgIpc) is 2.56. The van der Waals surface area contributed by atoms with Crippen molar-refractivity contribution in [2.45, 2.75) is 65.1 Å². The molecule has 25 heavy (non-hydrogen) atoms. The molecule has 136 valence electrons. The first-order valence-electron chi connectivity index (χ1n) is 9.05. The van der Waals surface area contributed by atoms with Crippen molar-refractivity contribution >= 4 is 13.9 Å². The number of rotatable bonds is 6. The lowest BCUT2D eigenvalue weighted by molar-refractivity contribution is 0.0796. The van der Waals surface area contributed by atoms with Gasteiger partial charge in [-0.05, 0) is 57.0 Å². The fourth-order valence-corrected chi connectivity index (χ4v) is 5.34. The minimum Gasteiger partial charge on any atom is -0.507 e. The zero-order valence-electron chi connectivity index (χ0n) is 16.3. The highest BCUT2D eigenvalue weighted by molar-refractivity contribution is 7.48. The zero-order valence-corrected chi connectivity index (χ0v) is 17.3. The summed E-state index contributed by atoms with van der Waals surface area (Å²) in [5, 5.41) is 22.4. The molecule has 0 aliphatic heterocycles. The average molecular weight is 358 g/mol. The van der Waals surface area contributed by atoms with Crippen LogP contribution in [0, 0.1) is 13.8 Å². The Bertz CT molecular complexity index is 740. The quantitative estimate of drug-likeness (QED) is 0.692. The number of hydrogen-bond acceptors (Lipinski definition) is 2. The minimum absolute atomic E-state index is 0.120. The summed E-state index contributed by atoms with van der Waals surface area (Å²) in [6.45, 7) is 12.1. The van der Waals surface area contributed by atoms with Gasteiger partial charge in [-0.15, -0.1) is 0 Å². The molecule has 3 heteroatoms. The van der Waals surface area contributed by atoms with Gasteiger partial charge < -0.3 is 10.2 Å². The lowest BCUT2D eigenvalue weighted by Gasteiger charge is -2.35. The van der Waals surface area contributed by atoms with E-state index in [2.05, 4.69) is 45.0 Å². The number of aromatic hydroxyl groups is 1. The zero-order chi connectivity index (χ0) is 18.8. The Kier molecular flexibility index (Phi) is 5.97. The third-order valence-corrected chi connectivity index (χ3v) is 7.33. The molecular formula is C22H31O2P. The number of para-hydroxylation sites is 1. The molecule has 0 saturated heterocycles. The van der Waals surface area contributed by atoms with Crippen LogP contribution in [0.3, 0.4) is 0 Å². The van der Waals surface area contributed by atoms with Crippen LogP contribution < -0.4 is 5.30 Å². The number of aliphatic hydroxyl groups is 1. The largest absolute Gasteiger partial charge is 0.507 e. The molecule has 1 atom stereocenters. The number of phenols is 1. The van der Waals surface area contributed by atoms with Crippen molar-refractivity contribution < 1.29 is 10.2 Å². The molecule has 2 aromatic carbocycles. The summed E-state index contributed by atoms with van der Waals surface area (Å²) in [6.07, 6.45) is 1.89. The van der Waals surface area contributed by atoms with Crippen LogP contribution >= 0.6 is 8.58 Å². The van der Waals surface area contributed by atoms with Crippen molar-refractivity contribution in [3.63, 3.8) is 0 Å². The van der Waals surface area contributed by atoms with E-state index < -0.39 is 5.60 Å². The first-order valence-corrected chi connectivity index (χ1v) is 10.1. The van der Waals surface area contributed by atoms with E-state index in [1.54, 1.807) is 0 Å². The summed E-state index contributed by atoms with van der Waals surface area (Å²) >= 11 is 0. The molecule has 1 unspecified atom stereocenters. The number of phenolic OH excluding ortho intramolecular Hbond substituents is 1. The number of aryl methyl sites for hydroxylation is 2. The van der Waals surface area contributed by atoms with E-state index in [1.165, 1.54) is 5.30 Å². The lowest BCUT2D eigenvalue weighted by atomic mass is 9.90. The summed E-state index contributed by atoms with van der Waals surface area (Å²) in [4.78, 5) is 0. The van der Waals surface area contributed by atoms with Gasteiger partial charge in [-0.3, -0.25) is 0 Å². The van der Waals surface area contributed by atoms with Crippen LogP contribution in [0.2, 0.25) is 0 Å².